The van der Waals surface area contributed by atoms with Crippen molar-refractivity contribution in [2.75, 3.05) is 11.9 Å². The summed E-state index contributed by atoms with van der Waals surface area (Å²) in [5.74, 6) is -0.802. The number of carbonyl (C=O) groups is 2. The average molecular weight is 503 g/mol. The first-order chi connectivity index (χ1) is 17.4. The van der Waals surface area contributed by atoms with E-state index in [2.05, 4.69) is 99.9 Å². The van der Waals surface area contributed by atoms with E-state index in [-0.39, 0.29) is 42.2 Å². The van der Waals surface area contributed by atoms with Gasteiger partial charge in [0.05, 0.1) is 18.4 Å². The van der Waals surface area contributed by atoms with Crippen molar-refractivity contribution in [3.63, 3.8) is 0 Å². The average Bonchev–Trinajstić information content (AvgIpc) is 2.83. The van der Waals surface area contributed by atoms with Crippen LogP contribution in [0.4, 0.5) is 5.69 Å². The zero-order valence-corrected chi connectivity index (χ0v) is 23.0. The normalized spacial score (nSPS) is 18.3. The summed E-state index contributed by atoms with van der Waals surface area (Å²) in [5, 5.41) is 15.3. The molecule has 37 heavy (non-hydrogen) atoms. The molecule has 1 aliphatic carbocycles. The van der Waals surface area contributed by atoms with Gasteiger partial charge in [0.1, 0.15) is 0 Å². The molecule has 2 aromatic carbocycles. The van der Waals surface area contributed by atoms with Crippen molar-refractivity contribution in [3.8, 4) is 11.1 Å². The van der Waals surface area contributed by atoms with Gasteiger partial charge in [-0.05, 0) is 58.1 Å². The highest BCUT2D eigenvalue weighted by atomic mass is 16.4. The minimum absolute atomic E-state index is 0.0275. The van der Waals surface area contributed by atoms with Crippen molar-refractivity contribution in [1.29, 1.82) is 0 Å². The lowest BCUT2D eigenvalue weighted by Crippen LogP contribution is -2.36. The molecule has 3 N–H and O–H groups in total. The Morgan fingerprint density at radius 2 is 1.57 bits per heavy atom. The van der Waals surface area contributed by atoms with Gasteiger partial charge in [0.15, 0.2) is 0 Å². The predicted molar refractivity (Wildman–Crippen MR) is 153 cm³/mol. The van der Waals surface area contributed by atoms with Gasteiger partial charge in [0.2, 0.25) is 5.91 Å². The van der Waals surface area contributed by atoms with Crippen LogP contribution in [0.1, 0.15) is 59.9 Å². The predicted octanol–water partition coefficient (Wildman–Crippen LogP) is 6.82. The number of nitrogens with one attached hydrogen (secondary N) is 2. The quantitative estimate of drug-likeness (QED) is 0.333. The Morgan fingerprint density at radius 1 is 0.973 bits per heavy atom. The third kappa shape index (κ3) is 8.08. The lowest BCUT2D eigenvalue weighted by Gasteiger charge is -2.28. The summed E-state index contributed by atoms with van der Waals surface area (Å²) in [6.45, 7) is 13.3. The third-order valence-corrected chi connectivity index (χ3v) is 6.88. The van der Waals surface area contributed by atoms with Gasteiger partial charge in [0, 0.05) is 12.2 Å². The maximum atomic E-state index is 12.6. The highest BCUT2D eigenvalue weighted by Gasteiger charge is 2.26. The molecule has 5 heteroatoms. The molecule has 3 rings (SSSR count). The van der Waals surface area contributed by atoms with Gasteiger partial charge in [-0.1, -0.05) is 96.2 Å². The lowest BCUT2D eigenvalue weighted by molar-refractivity contribution is -0.137. The molecule has 0 aliphatic heterocycles. The highest BCUT2D eigenvalue weighted by molar-refractivity contribution is 5.82. The SMILES string of the molecule is CC(C)CC(Nc1ccc(-c2ccc(C(C)(C)C)cc2)cc1)C1=CC(C)C(C(=O)NCCC(=O)O)C=C1. The Bertz CT molecular complexity index is 1120. The molecule has 0 radical (unpaired) electrons. The molecule has 0 saturated heterocycles. The zero-order valence-electron chi connectivity index (χ0n) is 23.0. The number of carboxylic acids is 1. The fraction of sp³-hybridized carbons (Fsp3) is 0.438. The largest absolute Gasteiger partial charge is 0.481 e. The molecule has 198 valence electrons. The lowest BCUT2D eigenvalue weighted by atomic mass is 9.83. The van der Waals surface area contributed by atoms with Crippen molar-refractivity contribution < 1.29 is 14.7 Å². The van der Waals surface area contributed by atoms with Gasteiger partial charge in [-0.25, -0.2) is 0 Å². The first-order valence-corrected chi connectivity index (χ1v) is 13.3. The summed E-state index contributed by atoms with van der Waals surface area (Å²) in [6, 6.07) is 17.5. The minimum atomic E-state index is -0.913. The van der Waals surface area contributed by atoms with Gasteiger partial charge >= 0.3 is 5.97 Å². The Labute approximate surface area is 222 Å². The number of hydrogen-bond donors (Lipinski definition) is 3. The molecule has 1 amide bonds. The summed E-state index contributed by atoms with van der Waals surface area (Å²) in [5.41, 5.74) is 6.11. The summed E-state index contributed by atoms with van der Waals surface area (Å²) < 4.78 is 0. The molecular weight excluding hydrogens is 460 g/mol. The number of rotatable bonds is 10. The molecular formula is C32H42N2O3. The highest BCUT2D eigenvalue weighted by Crippen LogP contribution is 2.30. The number of anilines is 1. The molecule has 0 bridgehead atoms. The van der Waals surface area contributed by atoms with Crippen LogP contribution >= 0.6 is 0 Å². The smallest absolute Gasteiger partial charge is 0.305 e. The number of allylic oxidation sites excluding steroid dienone is 1. The van der Waals surface area contributed by atoms with Gasteiger partial charge in [-0.2, -0.15) is 0 Å². The maximum absolute atomic E-state index is 12.6. The third-order valence-electron chi connectivity index (χ3n) is 6.88. The van der Waals surface area contributed by atoms with E-state index < -0.39 is 5.97 Å². The molecule has 2 aromatic rings. The number of carboxylic acid groups (broad SMARTS) is 1. The standard InChI is InChI=1S/C32H42N2O3/c1-21(2)19-29(25-11-16-28(22(3)20-25)31(37)33-18-17-30(35)36)34-27-14-9-24(10-15-27)23-7-12-26(13-8-23)32(4,5)6/h7-16,20-22,28-29,34H,17-19H2,1-6H3,(H,33,37)(H,35,36). The van der Waals surface area contributed by atoms with Gasteiger partial charge < -0.3 is 15.7 Å². The van der Waals surface area contributed by atoms with Crippen LogP contribution in [0.2, 0.25) is 0 Å². The molecule has 5 nitrogen and oxygen atoms in total. The van der Waals surface area contributed by atoms with E-state index in [9.17, 15) is 9.59 Å². The van der Waals surface area contributed by atoms with Crippen LogP contribution in [0.3, 0.4) is 0 Å². The Balaban J connectivity index is 1.69. The molecule has 1 aliphatic rings. The first kappa shape index (κ1) is 28.2. The van der Waals surface area contributed by atoms with E-state index >= 15 is 0 Å². The van der Waals surface area contributed by atoms with Crippen molar-refractivity contribution in [2.24, 2.45) is 17.8 Å². The Morgan fingerprint density at radius 3 is 2.08 bits per heavy atom. The molecule has 3 atom stereocenters. The topological polar surface area (TPSA) is 78.4 Å². The fourth-order valence-corrected chi connectivity index (χ4v) is 4.69. The molecule has 0 heterocycles. The van der Waals surface area contributed by atoms with Crippen LogP contribution in [0.25, 0.3) is 11.1 Å². The van der Waals surface area contributed by atoms with Crippen LogP contribution in [-0.4, -0.2) is 29.6 Å². The summed E-state index contributed by atoms with van der Waals surface area (Å²) in [4.78, 5) is 23.3. The summed E-state index contributed by atoms with van der Waals surface area (Å²) >= 11 is 0. The van der Waals surface area contributed by atoms with E-state index in [0.29, 0.717) is 5.92 Å². The monoisotopic (exact) mass is 502 g/mol. The van der Waals surface area contributed by atoms with Crippen LogP contribution in [-0.2, 0) is 15.0 Å². The molecule has 0 saturated carbocycles. The number of hydrogen-bond acceptors (Lipinski definition) is 3. The molecule has 0 fully saturated rings. The van der Waals surface area contributed by atoms with E-state index in [0.717, 1.165) is 12.1 Å². The van der Waals surface area contributed by atoms with E-state index in [1.54, 1.807) is 0 Å². The molecule has 0 spiro atoms. The zero-order chi connectivity index (χ0) is 27.2. The minimum Gasteiger partial charge on any atom is -0.481 e. The Hall–Kier alpha value is -3.34. The first-order valence-electron chi connectivity index (χ1n) is 13.3. The number of benzene rings is 2. The molecule has 3 unspecified atom stereocenters. The van der Waals surface area contributed by atoms with Crippen molar-refractivity contribution >= 4 is 17.6 Å². The van der Waals surface area contributed by atoms with E-state index in [1.807, 2.05) is 19.1 Å². The maximum Gasteiger partial charge on any atom is 0.305 e. The van der Waals surface area contributed by atoms with Crippen LogP contribution in [0.5, 0.6) is 0 Å². The van der Waals surface area contributed by atoms with Crippen LogP contribution < -0.4 is 10.6 Å². The summed E-state index contributed by atoms with van der Waals surface area (Å²) in [7, 11) is 0. The molecule has 0 aromatic heterocycles. The Kier molecular flexibility index (Phi) is 9.36. The van der Waals surface area contributed by atoms with Crippen molar-refractivity contribution in [3.05, 3.63) is 77.9 Å². The number of carbonyl (C=O) groups excluding carboxylic acids is 1. The fourth-order valence-electron chi connectivity index (χ4n) is 4.69. The van der Waals surface area contributed by atoms with Gasteiger partial charge in [0.25, 0.3) is 0 Å². The van der Waals surface area contributed by atoms with Crippen molar-refractivity contribution in [1.82, 2.24) is 5.32 Å². The van der Waals surface area contributed by atoms with Crippen LogP contribution in [0, 0.1) is 17.8 Å². The van der Waals surface area contributed by atoms with Crippen molar-refractivity contribution in [2.45, 2.75) is 65.8 Å². The van der Waals surface area contributed by atoms with E-state index in [1.165, 1.54) is 22.3 Å². The van der Waals surface area contributed by atoms with Gasteiger partial charge in [-0.3, -0.25) is 9.59 Å². The van der Waals surface area contributed by atoms with E-state index in [4.69, 9.17) is 5.11 Å². The number of amides is 1. The second-order valence-corrected chi connectivity index (χ2v) is 11.6. The van der Waals surface area contributed by atoms with Gasteiger partial charge in [-0.15, -0.1) is 0 Å². The van der Waals surface area contributed by atoms with Crippen LogP contribution in [0.15, 0.2) is 72.3 Å². The number of aliphatic carboxylic acids is 1. The second-order valence-electron chi connectivity index (χ2n) is 11.6. The summed E-state index contributed by atoms with van der Waals surface area (Å²) in [6.07, 6.45) is 7.07. The second kappa shape index (κ2) is 12.3.